The Morgan fingerprint density at radius 1 is 0.606 bits per heavy atom. The van der Waals surface area contributed by atoms with Crippen molar-refractivity contribution in [2.45, 2.75) is 0 Å². The summed E-state index contributed by atoms with van der Waals surface area (Å²) in [5.74, 6) is 0. The largest absolute Gasteiger partial charge is 0.314 e. The van der Waals surface area contributed by atoms with Crippen LogP contribution in [-0.2, 0) is 4.57 Å². The molecule has 0 amide bonds. The second-order valence-corrected chi connectivity index (χ2v) is 11.4. The fourth-order valence-corrected chi connectivity index (χ4v) is 7.37. The molecule has 1 unspecified atom stereocenters. The van der Waals surface area contributed by atoms with Crippen LogP contribution in [0.15, 0.2) is 103 Å². The Morgan fingerprint density at radius 2 is 1.21 bits per heavy atom. The van der Waals surface area contributed by atoms with Crippen molar-refractivity contribution in [3.8, 4) is 39.4 Å². The van der Waals surface area contributed by atoms with Gasteiger partial charge < -0.3 is 4.57 Å². The number of benzene rings is 5. The highest BCUT2D eigenvalue weighted by Gasteiger charge is 2.34. The quantitative estimate of drug-likeness (QED) is 0.278. The predicted molar refractivity (Wildman–Crippen MR) is 138 cm³/mol. The van der Waals surface area contributed by atoms with Crippen LogP contribution in [0.25, 0.3) is 44.2 Å². The van der Waals surface area contributed by atoms with Crippen molar-refractivity contribution < 1.29 is 4.57 Å². The summed E-state index contributed by atoms with van der Waals surface area (Å²) in [6.45, 7) is 1.88. The molecule has 156 valence electrons. The highest BCUT2D eigenvalue weighted by molar-refractivity contribution is 7.79. The van der Waals surface area contributed by atoms with Crippen LogP contribution in [0.3, 0.4) is 0 Å². The first-order chi connectivity index (χ1) is 16.1. The predicted octanol–water partition coefficient (Wildman–Crippen LogP) is 6.97. The molecule has 0 saturated carbocycles. The topological polar surface area (TPSA) is 40.9 Å². The first kappa shape index (κ1) is 19.7. The minimum atomic E-state index is -2.63. The highest BCUT2D eigenvalue weighted by atomic mass is 31.2. The molecule has 0 fully saturated rings. The molecule has 0 aliphatic carbocycles. The van der Waals surface area contributed by atoms with Crippen LogP contribution in [0.5, 0.6) is 0 Å². The van der Waals surface area contributed by atoms with Gasteiger partial charge in [0.1, 0.15) is 7.14 Å². The van der Waals surface area contributed by atoms with E-state index in [1.165, 1.54) is 0 Å². The van der Waals surface area contributed by atoms with Gasteiger partial charge in [0, 0.05) is 10.6 Å². The molecular formula is C30H20NOP. The Labute approximate surface area is 193 Å². The summed E-state index contributed by atoms with van der Waals surface area (Å²) in [6, 6.07) is 37.0. The van der Waals surface area contributed by atoms with Crippen LogP contribution >= 0.6 is 7.14 Å². The molecule has 0 N–H and O–H groups in total. The first-order valence-electron chi connectivity index (χ1n) is 10.9. The monoisotopic (exact) mass is 441 g/mol. The van der Waals surface area contributed by atoms with Gasteiger partial charge in [-0.2, -0.15) is 5.26 Å². The van der Waals surface area contributed by atoms with Crippen molar-refractivity contribution in [1.82, 2.24) is 0 Å². The molecule has 6 rings (SSSR count). The summed E-state index contributed by atoms with van der Waals surface area (Å²) in [5, 5.41) is 13.5. The maximum Gasteiger partial charge on any atom is 0.141 e. The number of nitriles is 1. The maximum absolute atomic E-state index is 13.8. The summed E-state index contributed by atoms with van der Waals surface area (Å²) in [7, 11) is -2.63. The molecule has 0 spiro atoms. The molecule has 2 nitrogen and oxygen atoms in total. The lowest BCUT2D eigenvalue weighted by Gasteiger charge is -2.14. The molecule has 33 heavy (non-hydrogen) atoms. The van der Waals surface area contributed by atoms with Gasteiger partial charge in [-0.25, -0.2) is 0 Å². The van der Waals surface area contributed by atoms with E-state index in [2.05, 4.69) is 60.7 Å². The zero-order chi connectivity index (χ0) is 22.6. The van der Waals surface area contributed by atoms with Crippen molar-refractivity contribution in [3.63, 3.8) is 0 Å². The average Bonchev–Trinajstić information content (AvgIpc) is 3.10. The Hall–Kier alpha value is -3.92. The molecule has 0 bridgehead atoms. The summed E-state index contributed by atoms with van der Waals surface area (Å²) in [5.41, 5.74) is 7.12. The summed E-state index contributed by atoms with van der Waals surface area (Å²) < 4.78 is 13.8. The van der Waals surface area contributed by atoms with E-state index in [0.717, 1.165) is 54.8 Å². The van der Waals surface area contributed by atoms with Crippen LogP contribution in [0.4, 0.5) is 0 Å². The normalized spacial score (nSPS) is 16.2. The van der Waals surface area contributed by atoms with Crippen molar-refractivity contribution in [2.75, 3.05) is 6.66 Å². The van der Waals surface area contributed by atoms with Gasteiger partial charge in [0.2, 0.25) is 0 Å². The summed E-state index contributed by atoms with van der Waals surface area (Å²) >= 11 is 0. The van der Waals surface area contributed by atoms with E-state index in [1.54, 1.807) is 0 Å². The first-order valence-corrected chi connectivity index (χ1v) is 13.1. The zero-order valence-corrected chi connectivity index (χ0v) is 19.0. The standard InChI is InChI=1S/C30H20NOP/c1-33(32)29-12-5-4-11-27(29)28-14-13-22(18-30(28)33)24-16-15-23(25-9-2-3-10-26(24)25)21-8-6-7-20(17-21)19-31/h2-18H,1H3. The number of hydrogen-bond acceptors (Lipinski definition) is 2. The minimum Gasteiger partial charge on any atom is -0.314 e. The molecule has 5 aromatic rings. The zero-order valence-electron chi connectivity index (χ0n) is 18.1. The van der Waals surface area contributed by atoms with Crippen LogP contribution in [0.2, 0.25) is 0 Å². The molecule has 1 atom stereocenters. The molecule has 1 heterocycles. The van der Waals surface area contributed by atoms with Crippen molar-refractivity contribution in [3.05, 3.63) is 109 Å². The van der Waals surface area contributed by atoms with E-state index in [9.17, 15) is 9.83 Å². The van der Waals surface area contributed by atoms with Gasteiger partial charge in [0.25, 0.3) is 0 Å². The van der Waals surface area contributed by atoms with E-state index in [-0.39, 0.29) is 0 Å². The highest BCUT2D eigenvalue weighted by Crippen LogP contribution is 2.50. The minimum absolute atomic E-state index is 0.651. The molecule has 5 aromatic carbocycles. The molecule has 0 aromatic heterocycles. The summed E-state index contributed by atoms with van der Waals surface area (Å²) in [6.07, 6.45) is 0. The fourth-order valence-electron chi connectivity index (χ4n) is 5.04. The smallest absolute Gasteiger partial charge is 0.141 e. The maximum atomic E-state index is 13.8. The lowest BCUT2D eigenvalue weighted by atomic mass is 9.91. The van der Waals surface area contributed by atoms with Crippen LogP contribution in [0.1, 0.15) is 5.56 Å². The third kappa shape index (κ3) is 2.98. The number of hydrogen-bond donors (Lipinski definition) is 0. The van der Waals surface area contributed by atoms with Crippen molar-refractivity contribution >= 4 is 28.5 Å². The Bertz CT molecular complexity index is 1680. The lowest BCUT2D eigenvalue weighted by Crippen LogP contribution is -2.08. The molecule has 0 saturated heterocycles. The molecule has 3 heteroatoms. The van der Waals surface area contributed by atoms with Gasteiger partial charge in [-0.05, 0) is 69.0 Å². The number of nitrogens with zero attached hydrogens (tertiary/aromatic N) is 1. The van der Waals surface area contributed by atoms with E-state index >= 15 is 0 Å². The van der Waals surface area contributed by atoms with Gasteiger partial charge in [0.15, 0.2) is 0 Å². The SMILES string of the molecule is CP1(=O)c2ccccc2-c2ccc(-c3ccc(-c4cccc(C#N)c4)c4ccccc34)cc21. The Morgan fingerprint density at radius 3 is 1.94 bits per heavy atom. The van der Waals surface area contributed by atoms with Gasteiger partial charge >= 0.3 is 0 Å². The summed E-state index contributed by atoms with van der Waals surface area (Å²) in [4.78, 5) is 0. The Kier molecular flexibility index (Phi) is 4.37. The Balaban J connectivity index is 1.55. The third-order valence-corrected chi connectivity index (χ3v) is 9.25. The molecular weight excluding hydrogens is 421 g/mol. The van der Waals surface area contributed by atoms with E-state index < -0.39 is 7.14 Å². The third-order valence-electron chi connectivity index (χ3n) is 6.65. The van der Waals surface area contributed by atoms with E-state index in [1.807, 2.05) is 55.2 Å². The molecule has 1 aliphatic heterocycles. The second kappa shape index (κ2) is 7.31. The van der Waals surface area contributed by atoms with E-state index in [0.29, 0.717) is 5.56 Å². The number of fused-ring (bicyclic) bond motifs is 4. The van der Waals surface area contributed by atoms with Crippen LogP contribution in [-0.4, -0.2) is 6.66 Å². The van der Waals surface area contributed by atoms with E-state index in [4.69, 9.17) is 0 Å². The van der Waals surface area contributed by atoms with Crippen molar-refractivity contribution in [2.24, 2.45) is 0 Å². The molecule has 0 radical (unpaired) electrons. The van der Waals surface area contributed by atoms with Crippen LogP contribution < -0.4 is 10.6 Å². The van der Waals surface area contributed by atoms with Gasteiger partial charge in [-0.1, -0.05) is 84.9 Å². The average molecular weight is 441 g/mol. The van der Waals surface area contributed by atoms with Gasteiger partial charge in [0.05, 0.1) is 11.6 Å². The van der Waals surface area contributed by atoms with Gasteiger partial charge in [-0.15, -0.1) is 0 Å². The lowest BCUT2D eigenvalue weighted by molar-refractivity contribution is 0.591. The van der Waals surface area contributed by atoms with Gasteiger partial charge in [-0.3, -0.25) is 0 Å². The molecule has 1 aliphatic rings. The van der Waals surface area contributed by atoms with Crippen LogP contribution in [0, 0.1) is 11.3 Å². The van der Waals surface area contributed by atoms with Crippen molar-refractivity contribution in [1.29, 1.82) is 5.26 Å². The second-order valence-electron chi connectivity index (χ2n) is 8.57. The fraction of sp³-hybridized carbons (Fsp3) is 0.0333. The number of rotatable bonds is 2.